The molecule has 110 valence electrons. The summed E-state index contributed by atoms with van der Waals surface area (Å²) in [5.41, 5.74) is 6.71. The quantitative estimate of drug-likeness (QED) is 0.784. The molecule has 2 N–H and O–H groups in total. The summed E-state index contributed by atoms with van der Waals surface area (Å²) in [5.74, 6) is 0.505. The maximum Gasteiger partial charge on any atom is 0.223 e. The maximum atomic E-state index is 12.4. The zero-order valence-electron chi connectivity index (χ0n) is 12.5. The number of thiocarbonyl (C=S) groups is 1. The Labute approximate surface area is 127 Å². The highest BCUT2D eigenvalue weighted by Gasteiger charge is 2.21. The van der Waals surface area contributed by atoms with Crippen LogP contribution < -0.4 is 5.73 Å². The van der Waals surface area contributed by atoms with Crippen LogP contribution in [0.1, 0.15) is 45.2 Å². The van der Waals surface area contributed by atoms with Crippen molar-refractivity contribution in [2.45, 2.75) is 39.7 Å². The molecule has 0 aliphatic heterocycles. The van der Waals surface area contributed by atoms with Crippen molar-refractivity contribution < 1.29 is 4.79 Å². The minimum absolute atomic E-state index is 0.0387. The van der Waals surface area contributed by atoms with E-state index in [9.17, 15) is 4.79 Å². The summed E-state index contributed by atoms with van der Waals surface area (Å²) in [7, 11) is 0. The first-order chi connectivity index (χ1) is 9.41. The predicted octanol–water partition coefficient (Wildman–Crippen LogP) is 3.30. The van der Waals surface area contributed by atoms with E-state index in [1.807, 2.05) is 42.2 Å². The van der Waals surface area contributed by atoms with Crippen LogP contribution in [-0.2, 0) is 4.79 Å². The van der Waals surface area contributed by atoms with Crippen LogP contribution in [-0.4, -0.2) is 22.3 Å². The number of benzene rings is 1. The summed E-state index contributed by atoms with van der Waals surface area (Å²) in [6, 6.07) is 10.1. The number of nitrogens with zero attached hydrogens (tertiary/aromatic N) is 1. The molecular weight excluding hydrogens is 268 g/mol. The van der Waals surface area contributed by atoms with Crippen LogP contribution in [0, 0.1) is 5.92 Å². The van der Waals surface area contributed by atoms with Crippen molar-refractivity contribution in [1.29, 1.82) is 0 Å². The molecule has 0 bridgehead atoms. The molecule has 0 heterocycles. The first kappa shape index (κ1) is 16.6. The smallest absolute Gasteiger partial charge is 0.223 e. The van der Waals surface area contributed by atoms with Crippen LogP contribution in [0.25, 0.3) is 0 Å². The van der Waals surface area contributed by atoms with Gasteiger partial charge in [0.15, 0.2) is 0 Å². The van der Waals surface area contributed by atoms with E-state index in [0.717, 1.165) is 5.56 Å². The van der Waals surface area contributed by atoms with E-state index < -0.39 is 0 Å². The number of amides is 1. The third-order valence-electron chi connectivity index (χ3n) is 3.25. The van der Waals surface area contributed by atoms with E-state index in [4.69, 9.17) is 18.0 Å². The lowest BCUT2D eigenvalue weighted by atomic mass is 10.0. The minimum atomic E-state index is 0.0387. The van der Waals surface area contributed by atoms with Gasteiger partial charge >= 0.3 is 0 Å². The zero-order chi connectivity index (χ0) is 15.1. The van der Waals surface area contributed by atoms with Gasteiger partial charge in [0.1, 0.15) is 0 Å². The third kappa shape index (κ3) is 5.29. The molecule has 0 aliphatic rings. The standard InChI is InChI=1S/C16H24N2OS/c1-12(2)11-16(19)18(10-9-15(17)20)13(3)14-7-5-4-6-8-14/h4-8,12-13H,9-11H2,1-3H3,(H2,17,20). The van der Waals surface area contributed by atoms with Gasteiger partial charge in [0.25, 0.3) is 0 Å². The van der Waals surface area contributed by atoms with Gasteiger partial charge in [-0.05, 0) is 18.4 Å². The highest BCUT2D eigenvalue weighted by atomic mass is 32.1. The summed E-state index contributed by atoms with van der Waals surface area (Å²) in [4.78, 5) is 14.8. The highest BCUT2D eigenvalue weighted by molar-refractivity contribution is 7.80. The molecular formula is C16H24N2OS. The Hall–Kier alpha value is -1.42. The van der Waals surface area contributed by atoms with Crippen molar-refractivity contribution >= 4 is 23.1 Å². The lowest BCUT2D eigenvalue weighted by Gasteiger charge is -2.30. The van der Waals surface area contributed by atoms with Crippen LogP contribution in [0.2, 0.25) is 0 Å². The third-order valence-corrected chi connectivity index (χ3v) is 3.46. The molecule has 0 radical (unpaired) electrons. The van der Waals surface area contributed by atoms with Gasteiger partial charge in [-0.25, -0.2) is 0 Å². The topological polar surface area (TPSA) is 46.3 Å². The summed E-state index contributed by atoms with van der Waals surface area (Å²) in [5, 5.41) is 0. The number of hydrogen-bond acceptors (Lipinski definition) is 2. The van der Waals surface area contributed by atoms with Gasteiger partial charge in [-0.1, -0.05) is 56.4 Å². The van der Waals surface area contributed by atoms with Gasteiger partial charge < -0.3 is 10.6 Å². The first-order valence-corrected chi connectivity index (χ1v) is 7.45. The maximum absolute atomic E-state index is 12.4. The van der Waals surface area contributed by atoms with Crippen LogP contribution in [0.15, 0.2) is 30.3 Å². The molecule has 0 saturated heterocycles. The Morgan fingerprint density at radius 1 is 1.25 bits per heavy atom. The van der Waals surface area contributed by atoms with Gasteiger partial charge in [-0.15, -0.1) is 0 Å². The molecule has 0 saturated carbocycles. The number of nitrogens with two attached hydrogens (primary N) is 1. The van der Waals surface area contributed by atoms with E-state index in [-0.39, 0.29) is 11.9 Å². The Balaban J connectivity index is 2.85. The predicted molar refractivity (Wildman–Crippen MR) is 87.4 cm³/mol. The second kappa shape index (κ2) is 8.00. The average molecular weight is 292 g/mol. The molecule has 0 aromatic heterocycles. The molecule has 0 fully saturated rings. The van der Waals surface area contributed by atoms with Gasteiger partial charge in [0.2, 0.25) is 5.91 Å². The summed E-state index contributed by atoms with van der Waals surface area (Å²) in [6.45, 7) is 6.73. The van der Waals surface area contributed by atoms with Gasteiger partial charge in [0.05, 0.1) is 11.0 Å². The number of carbonyl (C=O) groups excluding carboxylic acids is 1. The van der Waals surface area contributed by atoms with Gasteiger partial charge in [-0.2, -0.15) is 0 Å². The molecule has 4 heteroatoms. The summed E-state index contributed by atoms with van der Waals surface area (Å²) in [6.07, 6.45) is 1.12. The van der Waals surface area contributed by atoms with Gasteiger partial charge in [0, 0.05) is 19.4 Å². The Bertz CT molecular complexity index is 445. The average Bonchev–Trinajstić information content (AvgIpc) is 2.38. The SMILES string of the molecule is CC(C)CC(=O)N(CCC(N)=S)C(C)c1ccccc1. The van der Waals surface area contributed by atoms with E-state index in [2.05, 4.69) is 13.8 Å². The largest absolute Gasteiger partial charge is 0.393 e. The Kier molecular flexibility index (Phi) is 6.65. The first-order valence-electron chi connectivity index (χ1n) is 7.04. The molecule has 1 unspecified atom stereocenters. The van der Waals surface area contributed by atoms with Crippen molar-refractivity contribution in [3.05, 3.63) is 35.9 Å². The normalized spacial score (nSPS) is 12.2. The molecule has 1 atom stereocenters. The second-order valence-corrected chi connectivity index (χ2v) is 6.01. The molecule has 1 aromatic carbocycles. The minimum Gasteiger partial charge on any atom is -0.393 e. The molecule has 3 nitrogen and oxygen atoms in total. The van der Waals surface area contributed by atoms with Crippen LogP contribution in [0.5, 0.6) is 0 Å². The van der Waals surface area contributed by atoms with Crippen molar-refractivity contribution in [2.75, 3.05) is 6.54 Å². The summed E-state index contributed by atoms with van der Waals surface area (Å²) >= 11 is 4.93. The second-order valence-electron chi connectivity index (χ2n) is 5.49. The van der Waals surface area contributed by atoms with Crippen molar-refractivity contribution in [3.63, 3.8) is 0 Å². The van der Waals surface area contributed by atoms with Crippen LogP contribution in [0.3, 0.4) is 0 Å². The zero-order valence-corrected chi connectivity index (χ0v) is 13.3. The molecule has 20 heavy (non-hydrogen) atoms. The molecule has 0 aliphatic carbocycles. The van der Waals surface area contributed by atoms with E-state index in [1.165, 1.54) is 0 Å². The van der Waals surface area contributed by atoms with Gasteiger partial charge in [-0.3, -0.25) is 4.79 Å². The highest BCUT2D eigenvalue weighted by Crippen LogP contribution is 2.22. The molecule has 1 amide bonds. The molecule has 1 rings (SSSR count). The Morgan fingerprint density at radius 2 is 1.85 bits per heavy atom. The number of rotatable bonds is 7. The van der Waals surface area contributed by atoms with E-state index in [0.29, 0.717) is 30.3 Å². The van der Waals surface area contributed by atoms with Crippen molar-refractivity contribution in [3.8, 4) is 0 Å². The number of hydrogen-bond donors (Lipinski definition) is 1. The molecule has 0 spiro atoms. The fourth-order valence-electron chi connectivity index (χ4n) is 2.14. The Morgan fingerprint density at radius 3 is 2.35 bits per heavy atom. The van der Waals surface area contributed by atoms with E-state index in [1.54, 1.807) is 0 Å². The van der Waals surface area contributed by atoms with E-state index >= 15 is 0 Å². The molecule has 1 aromatic rings. The van der Waals surface area contributed by atoms with Crippen LogP contribution >= 0.6 is 12.2 Å². The van der Waals surface area contributed by atoms with Crippen molar-refractivity contribution in [2.24, 2.45) is 11.7 Å². The van der Waals surface area contributed by atoms with Crippen molar-refractivity contribution in [1.82, 2.24) is 4.90 Å². The fourth-order valence-corrected chi connectivity index (χ4v) is 2.23. The summed E-state index contributed by atoms with van der Waals surface area (Å²) < 4.78 is 0. The monoisotopic (exact) mass is 292 g/mol. The fraction of sp³-hybridized carbons (Fsp3) is 0.500. The lowest BCUT2D eigenvalue weighted by molar-refractivity contribution is -0.134. The lowest BCUT2D eigenvalue weighted by Crippen LogP contribution is -2.36. The number of carbonyl (C=O) groups is 1. The van der Waals surface area contributed by atoms with Crippen LogP contribution in [0.4, 0.5) is 0 Å².